The maximum atomic E-state index is 10.4. The molecule has 0 unspecified atom stereocenters. The van der Waals surface area contributed by atoms with Crippen LogP contribution < -0.4 is 10.1 Å². The molecule has 0 aromatic carbocycles. The first-order valence-corrected chi connectivity index (χ1v) is 5.64. The van der Waals surface area contributed by atoms with E-state index >= 15 is 0 Å². The number of ether oxygens (including phenoxy) is 1. The fourth-order valence-corrected chi connectivity index (χ4v) is 2.09. The topological polar surface area (TPSA) is 54.4 Å². The minimum atomic E-state index is -0.568. The Morgan fingerprint density at radius 3 is 2.75 bits per heavy atom. The van der Waals surface area contributed by atoms with Gasteiger partial charge in [-0.3, -0.25) is 0 Å². The average molecular weight is 222 g/mol. The highest BCUT2D eigenvalue weighted by Crippen LogP contribution is 2.23. The van der Waals surface area contributed by atoms with Crippen LogP contribution in [0.1, 0.15) is 18.4 Å². The van der Waals surface area contributed by atoms with Gasteiger partial charge in [-0.05, 0) is 31.5 Å². The van der Waals surface area contributed by atoms with E-state index in [0.717, 1.165) is 31.5 Å². The largest absolute Gasteiger partial charge is 0.481 e. The molecule has 0 bridgehead atoms. The molecule has 0 aliphatic carbocycles. The molecule has 2 N–H and O–H groups in total. The number of rotatable bonds is 3. The highest BCUT2D eigenvalue weighted by molar-refractivity contribution is 5.19. The molecule has 0 saturated carbocycles. The zero-order valence-electron chi connectivity index (χ0n) is 9.57. The Kier molecular flexibility index (Phi) is 3.41. The van der Waals surface area contributed by atoms with Crippen molar-refractivity contribution in [2.45, 2.75) is 24.9 Å². The predicted octanol–water partition coefficient (Wildman–Crippen LogP) is 0.747. The van der Waals surface area contributed by atoms with E-state index in [0.29, 0.717) is 12.3 Å². The number of nitrogens with zero attached hydrogens (tertiary/aromatic N) is 1. The lowest BCUT2D eigenvalue weighted by atomic mass is 9.86. The first kappa shape index (κ1) is 11.4. The second kappa shape index (κ2) is 4.80. The summed E-state index contributed by atoms with van der Waals surface area (Å²) in [6.45, 7) is 1.78. The van der Waals surface area contributed by atoms with E-state index < -0.39 is 5.60 Å². The summed E-state index contributed by atoms with van der Waals surface area (Å²) in [6.07, 6.45) is 4.06. The Bertz CT molecular complexity index is 331. The van der Waals surface area contributed by atoms with Crippen molar-refractivity contribution in [3.63, 3.8) is 0 Å². The zero-order chi connectivity index (χ0) is 11.4. The van der Waals surface area contributed by atoms with Gasteiger partial charge in [-0.1, -0.05) is 6.07 Å². The average Bonchev–Trinajstić information content (AvgIpc) is 2.30. The van der Waals surface area contributed by atoms with E-state index in [4.69, 9.17) is 4.74 Å². The van der Waals surface area contributed by atoms with Crippen LogP contribution in [0, 0.1) is 0 Å². The maximum absolute atomic E-state index is 10.4. The van der Waals surface area contributed by atoms with Crippen LogP contribution in [0.25, 0.3) is 0 Å². The molecular weight excluding hydrogens is 204 g/mol. The second-order valence-corrected chi connectivity index (χ2v) is 4.36. The molecule has 4 heteroatoms. The van der Waals surface area contributed by atoms with Crippen LogP contribution in [0.4, 0.5) is 0 Å². The van der Waals surface area contributed by atoms with Crippen LogP contribution >= 0.6 is 0 Å². The molecule has 16 heavy (non-hydrogen) atoms. The van der Waals surface area contributed by atoms with E-state index in [9.17, 15) is 5.11 Å². The van der Waals surface area contributed by atoms with E-state index in [1.54, 1.807) is 13.3 Å². The quantitative estimate of drug-likeness (QED) is 0.792. The van der Waals surface area contributed by atoms with Gasteiger partial charge in [-0.25, -0.2) is 4.98 Å². The zero-order valence-corrected chi connectivity index (χ0v) is 9.57. The standard InChI is InChI=1S/C12H18N2O2/c1-16-11-3-2-10(9-14-11)8-12(15)4-6-13-7-5-12/h2-3,9,13,15H,4-8H2,1H3. The molecule has 2 rings (SSSR count). The maximum Gasteiger partial charge on any atom is 0.212 e. The van der Waals surface area contributed by atoms with Crippen LogP contribution in [-0.2, 0) is 6.42 Å². The van der Waals surface area contributed by atoms with Gasteiger partial charge >= 0.3 is 0 Å². The fraction of sp³-hybridized carbons (Fsp3) is 0.583. The summed E-state index contributed by atoms with van der Waals surface area (Å²) < 4.78 is 5.00. The molecule has 88 valence electrons. The number of hydrogen-bond donors (Lipinski definition) is 2. The number of aliphatic hydroxyl groups is 1. The van der Waals surface area contributed by atoms with E-state index in [1.165, 1.54) is 0 Å². The van der Waals surface area contributed by atoms with Crippen molar-refractivity contribution in [3.05, 3.63) is 23.9 Å². The predicted molar refractivity (Wildman–Crippen MR) is 61.5 cm³/mol. The third kappa shape index (κ3) is 2.71. The molecule has 0 amide bonds. The lowest BCUT2D eigenvalue weighted by molar-refractivity contribution is 0.0108. The van der Waals surface area contributed by atoms with Gasteiger partial charge in [0.25, 0.3) is 0 Å². The first-order chi connectivity index (χ1) is 7.72. The van der Waals surface area contributed by atoms with E-state index in [1.807, 2.05) is 12.1 Å². The molecule has 0 radical (unpaired) electrons. The molecule has 1 saturated heterocycles. The number of aromatic nitrogens is 1. The molecular formula is C12H18N2O2. The summed E-state index contributed by atoms with van der Waals surface area (Å²) in [5, 5.41) is 13.6. The minimum absolute atomic E-state index is 0.568. The monoisotopic (exact) mass is 222 g/mol. The van der Waals surface area contributed by atoms with Gasteiger partial charge in [0.15, 0.2) is 0 Å². The van der Waals surface area contributed by atoms with Crippen LogP contribution in [0.3, 0.4) is 0 Å². The van der Waals surface area contributed by atoms with Crippen molar-refractivity contribution in [1.82, 2.24) is 10.3 Å². The first-order valence-electron chi connectivity index (χ1n) is 5.64. The van der Waals surface area contributed by atoms with Crippen molar-refractivity contribution in [3.8, 4) is 5.88 Å². The summed E-state index contributed by atoms with van der Waals surface area (Å²) in [6, 6.07) is 3.80. The number of pyridine rings is 1. The molecule has 2 heterocycles. The van der Waals surface area contributed by atoms with Gasteiger partial charge in [0.05, 0.1) is 12.7 Å². The molecule has 4 nitrogen and oxygen atoms in total. The Balaban J connectivity index is 2.01. The van der Waals surface area contributed by atoms with Crippen molar-refractivity contribution >= 4 is 0 Å². The summed E-state index contributed by atoms with van der Waals surface area (Å²) in [5.74, 6) is 0.612. The SMILES string of the molecule is COc1ccc(CC2(O)CCNCC2)cn1. The fourth-order valence-electron chi connectivity index (χ4n) is 2.09. The van der Waals surface area contributed by atoms with Gasteiger partial charge in [0, 0.05) is 18.7 Å². The lowest BCUT2D eigenvalue weighted by Gasteiger charge is -2.32. The minimum Gasteiger partial charge on any atom is -0.481 e. The van der Waals surface area contributed by atoms with Gasteiger partial charge in [-0.2, -0.15) is 0 Å². The van der Waals surface area contributed by atoms with E-state index in [2.05, 4.69) is 10.3 Å². The van der Waals surface area contributed by atoms with Crippen molar-refractivity contribution in [1.29, 1.82) is 0 Å². The molecule has 0 atom stereocenters. The Morgan fingerprint density at radius 2 is 2.19 bits per heavy atom. The van der Waals surface area contributed by atoms with Crippen molar-refractivity contribution in [2.75, 3.05) is 20.2 Å². The Labute approximate surface area is 95.7 Å². The number of hydrogen-bond acceptors (Lipinski definition) is 4. The van der Waals surface area contributed by atoms with Gasteiger partial charge in [-0.15, -0.1) is 0 Å². The molecule has 1 aromatic heterocycles. The molecule has 1 fully saturated rings. The molecule has 1 aliphatic rings. The molecule has 1 aromatic rings. The lowest BCUT2D eigenvalue weighted by Crippen LogP contribution is -2.43. The summed E-state index contributed by atoms with van der Waals surface area (Å²) in [5.41, 5.74) is 0.492. The van der Waals surface area contributed by atoms with Crippen LogP contribution in [0.2, 0.25) is 0 Å². The third-order valence-electron chi connectivity index (χ3n) is 3.07. The van der Waals surface area contributed by atoms with Crippen molar-refractivity contribution < 1.29 is 9.84 Å². The highest BCUT2D eigenvalue weighted by Gasteiger charge is 2.29. The number of piperidine rings is 1. The summed E-state index contributed by atoms with van der Waals surface area (Å²) in [4.78, 5) is 4.14. The van der Waals surface area contributed by atoms with E-state index in [-0.39, 0.29) is 0 Å². The number of nitrogens with one attached hydrogen (secondary N) is 1. The molecule has 1 aliphatic heterocycles. The van der Waals surface area contributed by atoms with Crippen molar-refractivity contribution in [2.24, 2.45) is 0 Å². The smallest absolute Gasteiger partial charge is 0.212 e. The van der Waals surface area contributed by atoms with Crippen LogP contribution in [-0.4, -0.2) is 35.9 Å². The van der Waals surface area contributed by atoms with Crippen LogP contribution in [0.15, 0.2) is 18.3 Å². The van der Waals surface area contributed by atoms with Crippen LogP contribution in [0.5, 0.6) is 5.88 Å². The summed E-state index contributed by atoms with van der Waals surface area (Å²) in [7, 11) is 1.60. The van der Waals surface area contributed by atoms with Gasteiger partial charge in [0.1, 0.15) is 0 Å². The van der Waals surface area contributed by atoms with Gasteiger partial charge < -0.3 is 15.2 Å². The van der Waals surface area contributed by atoms with Gasteiger partial charge in [0.2, 0.25) is 5.88 Å². The molecule has 0 spiro atoms. The number of methoxy groups -OCH3 is 1. The normalized spacial score (nSPS) is 19.4. The summed E-state index contributed by atoms with van der Waals surface area (Å²) >= 11 is 0. The highest BCUT2D eigenvalue weighted by atomic mass is 16.5. The Hall–Kier alpha value is -1.13. The Morgan fingerprint density at radius 1 is 1.44 bits per heavy atom. The third-order valence-corrected chi connectivity index (χ3v) is 3.07. The second-order valence-electron chi connectivity index (χ2n) is 4.36.